The van der Waals surface area contributed by atoms with Gasteiger partial charge in [0, 0.05) is 25.3 Å². The van der Waals surface area contributed by atoms with Crippen molar-refractivity contribution in [1.29, 1.82) is 0 Å². The van der Waals surface area contributed by atoms with Gasteiger partial charge in [0.25, 0.3) is 0 Å². The van der Waals surface area contributed by atoms with Crippen molar-refractivity contribution in [3.8, 4) is 0 Å². The first-order valence-corrected chi connectivity index (χ1v) is 6.46. The van der Waals surface area contributed by atoms with Crippen LogP contribution < -0.4 is 0 Å². The summed E-state index contributed by atoms with van der Waals surface area (Å²) < 4.78 is 8.70. The molecule has 0 atom stereocenters. The number of hydrogen-bond donors (Lipinski definition) is 0. The number of rotatable bonds is 2. The lowest BCUT2D eigenvalue weighted by Crippen LogP contribution is -2.20. The van der Waals surface area contributed by atoms with E-state index in [9.17, 15) is 0 Å². The van der Waals surface area contributed by atoms with Crippen LogP contribution in [-0.4, -0.2) is 23.0 Å². The quantitative estimate of drug-likeness (QED) is 0.827. The Morgan fingerprint density at radius 2 is 2.00 bits per heavy atom. The topological polar surface area (TPSA) is 27.1 Å². The van der Waals surface area contributed by atoms with Gasteiger partial charge < -0.3 is 4.74 Å². The SMILES string of the molecule is Brc1cn(C2CCOCC2)nc1C1CC1. The third-order valence-corrected chi connectivity index (χ3v) is 3.85. The van der Waals surface area contributed by atoms with Gasteiger partial charge in [0.1, 0.15) is 0 Å². The van der Waals surface area contributed by atoms with E-state index in [0.717, 1.165) is 32.0 Å². The molecule has 4 heteroatoms. The lowest BCUT2D eigenvalue weighted by Gasteiger charge is -2.22. The van der Waals surface area contributed by atoms with E-state index in [1.165, 1.54) is 23.0 Å². The minimum atomic E-state index is 0.544. The monoisotopic (exact) mass is 270 g/mol. The van der Waals surface area contributed by atoms with Crippen molar-refractivity contribution in [3.05, 3.63) is 16.4 Å². The van der Waals surface area contributed by atoms with Crippen LogP contribution in [0.25, 0.3) is 0 Å². The average molecular weight is 271 g/mol. The van der Waals surface area contributed by atoms with Crippen LogP contribution in [0.1, 0.15) is 43.3 Å². The van der Waals surface area contributed by atoms with E-state index < -0.39 is 0 Å². The number of hydrogen-bond acceptors (Lipinski definition) is 2. The van der Waals surface area contributed by atoms with E-state index in [0.29, 0.717) is 6.04 Å². The minimum absolute atomic E-state index is 0.544. The third-order valence-electron chi connectivity index (χ3n) is 3.24. The number of ether oxygens (including phenoxy) is 1. The van der Waals surface area contributed by atoms with E-state index in [1.54, 1.807) is 0 Å². The highest BCUT2D eigenvalue weighted by Gasteiger charge is 2.29. The summed E-state index contributed by atoms with van der Waals surface area (Å²) in [5, 5.41) is 4.71. The van der Waals surface area contributed by atoms with Crippen molar-refractivity contribution < 1.29 is 4.74 Å². The van der Waals surface area contributed by atoms with Crippen molar-refractivity contribution in [3.63, 3.8) is 0 Å². The minimum Gasteiger partial charge on any atom is -0.381 e. The molecule has 3 rings (SSSR count). The molecule has 1 aliphatic heterocycles. The van der Waals surface area contributed by atoms with Crippen LogP contribution >= 0.6 is 15.9 Å². The first-order valence-electron chi connectivity index (χ1n) is 5.67. The maximum absolute atomic E-state index is 5.37. The smallest absolute Gasteiger partial charge is 0.0797 e. The largest absolute Gasteiger partial charge is 0.381 e. The molecule has 82 valence electrons. The van der Waals surface area contributed by atoms with Crippen molar-refractivity contribution in [2.24, 2.45) is 0 Å². The van der Waals surface area contributed by atoms with Gasteiger partial charge in [0.15, 0.2) is 0 Å². The molecule has 1 saturated carbocycles. The van der Waals surface area contributed by atoms with Gasteiger partial charge in [-0.1, -0.05) is 0 Å². The Morgan fingerprint density at radius 3 is 2.67 bits per heavy atom. The van der Waals surface area contributed by atoms with Crippen molar-refractivity contribution in [2.45, 2.75) is 37.6 Å². The molecule has 2 fully saturated rings. The fourth-order valence-corrected chi connectivity index (χ4v) is 2.77. The number of nitrogens with zero attached hydrogens (tertiary/aromatic N) is 2. The molecule has 1 aromatic heterocycles. The second-order valence-electron chi connectivity index (χ2n) is 4.46. The molecule has 3 nitrogen and oxygen atoms in total. The van der Waals surface area contributed by atoms with Crippen LogP contribution in [-0.2, 0) is 4.74 Å². The van der Waals surface area contributed by atoms with Crippen molar-refractivity contribution in [1.82, 2.24) is 9.78 Å². The first-order chi connectivity index (χ1) is 7.34. The van der Waals surface area contributed by atoms with Gasteiger partial charge in [-0.15, -0.1) is 0 Å². The fraction of sp³-hybridized carbons (Fsp3) is 0.727. The van der Waals surface area contributed by atoms with Crippen LogP contribution in [0.15, 0.2) is 10.7 Å². The Kier molecular flexibility index (Phi) is 2.56. The summed E-state index contributed by atoms with van der Waals surface area (Å²) in [4.78, 5) is 0. The van der Waals surface area contributed by atoms with E-state index in [1.807, 2.05) is 0 Å². The van der Waals surface area contributed by atoms with Crippen LogP contribution in [0.5, 0.6) is 0 Å². The fourth-order valence-electron chi connectivity index (χ4n) is 2.15. The molecule has 2 heterocycles. The highest BCUT2D eigenvalue weighted by Crippen LogP contribution is 2.42. The average Bonchev–Trinajstić information content (AvgIpc) is 3.04. The maximum Gasteiger partial charge on any atom is 0.0797 e. The normalized spacial score (nSPS) is 23.3. The van der Waals surface area contributed by atoms with Gasteiger partial charge in [0.2, 0.25) is 0 Å². The molecule has 2 aliphatic rings. The van der Waals surface area contributed by atoms with Gasteiger partial charge in [-0.2, -0.15) is 5.10 Å². The Balaban J connectivity index is 1.81. The van der Waals surface area contributed by atoms with Gasteiger partial charge >= 0.3 is 0 Å². The highest BCUT2D eigenvalue weighted by atomic mass is 79.9. The predicted octanol–water partition coefficient (Wildman–Crippen LogP) is 2.87. The summed E-state index contributed by atoms with van der Waals surface area (Å²) in [6, 6.07) is 0.544. The van der Waals surface area contributed by atoms with Gasteiger partial charge in [-0.05, 0) is 41.6 Å². The standard InChI is InChI=1S/C11H15BrN2O/c12-10-7-14(9-3-5-15-6-4-9)13-11(10)8-1-2-8/h7-9H,1-6H2. The molecule has 0 bridgehead atoms. The predicted molar refractivity (Wildman–Crippen MR) is 61.0 cm³/mol. The molecule has 0 radical (unpaired) electrons. The Hall–Kier alpha value is -0.350. The van der Waals surface area contributed by atoms with Crippen LogP contribution in [0.3, 0.4) is 0 Å². The molecule has 0 spiro atoms. The number of aromatic nitrogens is 2. The molecule has 0 unspecified atom stereocenters. The molecule has 1 aromatic rings. The first kappa shape index (κ1) is 9.85. The second-order valence-corrected chi connectivity index (χ2v) is 5.31. The van der Waals surface area contributed by atoms with Gasteiger partial charge in [-0.3, -0.25) is 4.68 Å². The van der Waals surface area contributed by atoms with Gasteiger partial charge in [0.05, 0.1) is 16.2 Å². The second kappa shape index (κ2) is 3.91. The molecule has 1 aliphatic carbocycles. The Labute approximate surface area is 97.9 Å². The highest BCUT2D eigenvalue weighted by molar-refractivity contribution is 9.10. The Bertz CT molecular complexity index is 353. The van der Waals surface area contributed by atoms with Crippen LogP contribution in [0.2, 0.25) is 0 Å². The van der Waals surface area contributed by atoms with Gasteiger partial charge in [-0.25, -0.2) is 0 Å². The molecular formula is C11H15BrN2O. The summed E-state index contributed by atoms with van der Waals surface area (Å²) in [6.45, 7) is 1.75. The summed E-state index contributed by atoms with van der Waals surface area (Å²) in [6.07, 6.45) is 6.95. The molecule has 0 aromatic carbocycles. The molecule has 15 heavy (non-hydrogen) atoms. The van der Waals surface area contributed by atoms with E-state index in [2.05, 4.69) is 26.8 Å². The lowest BCUT2D eigenvalue weighted by molar-refractivity contribution is 0.0661. The Morgan fingerprint density at radius 1 is 1.27 bits per heavy atom. The van der Waals surface area contributed by atoms with E-state index >= 15 is 0 Å². The summed E-state index contributed by atoms with van der Waals surface area (Å²) >= 11 is 3.61. The number of halogens is 1. The maximum atomic E-state index is 5.37. The molecule has 0 N–H and O–H groups in total. The van der Waals surface area contributed by atoms with Crippen molar-refractivity contribution >= 4 is 15.9 Å². The molecule has 0 amide bonds. The van der Waals surface area contributed by atoms with E-state index in [4.69, 9.17) is 9.84 Å². The zero-order valence-electron chi connectivity index (χ0n) is 8.66. The third kappa shape index (κ3) is 1.97. The van der Waals surface area contributed by atoms with Crippen LogP contribution in [0, 0.1) is 0 Å². The zero-order chi connectivity index (χ0) is 10.3. The molecule has 1 saturated heterocycles. The lowest BCUT2D eigenvalue weighted by atomic mass is 10.1. The molecular weight excluding hydrogens is 256 g/mol. The summed E-state index contributed by atoms with van der Waals surface area (Å²) in [5.74, 6) is 0.723. The van der Waals surface area contributed by atoms with Crippen molar-refractivity contribution in [2.75, 3.05) is 13.2 Å². The van der Waals surface area contributed by atoms with E-state index in [-0.39, 0.29) is 0 Å². The van der Waals surface area contributed by atoms with Crippen LogP contribution in [0.4, 0.5) is 0 Å². The summed E-state index contributed by atoms with van der Waals surface area (Å²) in [5.41, 5.74) is 1.27. The zero-order valence-corrected chi connectivity index (χ0v) is 10.2. The summed E-state index contributed by atoms with van der Waals surface area (Å²) in [7, 11) is 0.